The van der Waals surface area contributed by atoms with E-state index < -0.39 is 11.6 Å². The minimum atomic E-state index is -0.861. The Morgan fingerprint density at radius 1 is 1.36 bits per heavy atom. The van der Waals surface area contributed by atoms with Gasteiger partial charge in [-0.1, -0.05) is 0 Å². The molecule has 0 aliphatic heterocycles. The van der Waals surface area contributed by atoms with Crippen molar-refractivity contribution in [3.63, 3.8) is 0 Å². The van der Waals surface area contributed by atoms with Gasteiger partial charge >= 0.3 is 0 Å². The van der Waals surface area contributed by atoms with Crippen LogP contribution in [0.25, 0.3) is 10.9 Å². The Labute approximate surface area is 87.9 Å². The number of halogens is 3. The normalized spacial score (nSPS) is 10.9. The van der Waals surface area contributed by atoms with Gasteiger partial charge in [0.2, 0.25) is 0 Å². The van der Waals surface area contributed by atoms with Crippen molar-refractivity contribution in [2.75, 3.05) is 0 Å². The predicted molar refractivity (Wildman–Crippen MR) is 54.1 cm³/mol. The number of rotatable bonds is 0. The van der Waals surface area contributed by atoms with Gasteiger partial charge in [0.15, 0.2) is 11.6 Å². The van der Waals surface area contributed by atoms with Crippen LogP contribution >= 0.6 is 15.9 Å². The third-order valence-corrected chi connectivity index (χ3v) is 2.67. The molecule has 0 N–H and O–H groups in total. The molecule has 0 aliphatic carbocycles. The third-order valence-electron chi connectivity index (χ3n) is 2.07. The van der Waals surface area contributed by atoms with Gasteiger partial charge < -0.3 is 0 Å². The molecule has 1 aromatic carbocycles. The van der Waals surface area contributed by atoms with E-state index in [0.29, 0.717) is 15.6 Å². The smallest absolute Gasteiger partial charge is 0.168 e. The lowest BCUT2D eigenvalue weighted by atomic mass is 10.1. The van der Waals surface area contributed by atoms with E-state index in [9.17, 15) is 8.78 Å². The predicted octanol–water partition coefficient (Wildman–Crippen LogP) is 3.58. The fraction of sp³-hybridized carbons (Fsp3) is 0.100. The standard InChI is InChI=1S/C10H6BrF2N/c1-5-2-3-14-10-6(11)4-7(12)9(13)8(5)10/h2-4H,1H3. The molecule has 1 heterocycles. The van der Waals surface area contributed by atoms with E-state index >= 15 is 0 Å². The van der Waals surface area contributed by atoms with Gasteiger partial charge in [-0.3, -0.25) is 4.98 Å². The molecule has 0 spiro atoms. The van der Waals surface area contributed by atoms with Crippen molar-refractivity contribution in [1.29, 1.82) is 0 Å². The van der Waals surface area contributed by atoms with E-state index in [1.54, 1.807) is 19.2 Å². The summed E-state index contributed by atoms with van der Waals surface area (Å²) in [5.41, 5.74) is 1.12. The number of aromatic nitrogens is 1. The Kier molecular flexibility index (Phi) is 2.23. The van der Waals surface area contributed by atoms with Gasteiger partial charge in [-0.25, -0.2) is 8.78 Å². The van der Waals surface area contributed by atoms with Gasteiger partial charge in [0.1, 0.15) is 0 Å². The van der Waals surface area contributed by atoms with E-state index in [2.05, 4.69) is 20.9 Å². The monoisotopic (exact) mass is 257 g/mol. The van der Waals surface area contributed by atoms with Crippen molar-refractivity contribution in [3.05, 3.63) is 40.0 Å². The lowest BCUT2D eigenvalue weighted by Gasteiger charge is -2.04. The Bertz CT molecular complexity index is 511. The molecule has 1 aromatic heterocycles. The largest absolute Gasteiger partial charge is 0.255 e. The quantitative estimate of drug-likeness (QED) is 0.658. The third kappa shape index (κ3) is 1.30. The maximum Gasteiger partial charge on any atom is 0.168 e. The second kappa shape index (κ2) is 3.28. The molecule has 4 heteroatoms. The molecule has 0 saturated heterocycles. The van der Waals surface area contributed by atoms with Crippen LogP contribution in [-0.4, -0.2) is 4.98 Å². The second-order valence-corrected chi connectivity index (χ2v) is 3.86. The molecule has 0 bridgehead atoms. The van der Waals surface area contributed by atoms with Crippen LogP contribution < -0.4 is 0 Å². The molecule has 0 radical (unpaired) electrons. The Balaban J connectivity index is 3.03. The van der Waals surface area contributed by atoms with Crippen LogP contribution in [0.1, 0.15) is 5.56 Å². The molecule has 0 atom stereocenters. The summed E-state index contributed by atoms with van der Waals surface area (Å²) in [6.07, 6.45) is 1.57. The number of fused-ring (bicyclic) bond motifs is 1. The summed E-state index contributed by atoms with van der Waals surface area (Å²) >= 11 is 3.15. The molecule has 0 fully saturated rings. The summed E-state index contributed by atoms with van der Waals surface area (Å²) < 4.78 is 26.9. The number of pyridine rings is 1. The zero-order valence-electron chi connectivity index (χ0n) is 7.31. The van der Waals surface area contributed by atoms with Crippen LogP contribution in [0, 0.1) is 18.6 Å². The molecule has 0 aliphatic rings. The van der Waals surface area contributed by atoms with Crippen molar-refractivity contribution in [2.45, 2.75) is 6.92 Å². The van der Waals surface area contributed by atoms with Gasteiger partial charge in [0.05, 0.1) is 5.52 Å². The fourth-order valence-electron chi connectivity index (χ4n) is 1.38. The average molecular weight is 258 g/mol. The maximum atomic E-state index is 13.4. The van der Waals surface area contributed by atoms with E-state index in [0.717, 1.165) is 6.07 Å². The lowest BCUT2D eigenvalue weighted by molar-refractivity contribution is 0.516. The van der Waals surface area contributed by atoms with Crippen LogP contribution in [0.3, 0.4) is 0 Å². The van der Waals surface area contributed by atoms with Gasteiger partial charge in [-0.05, 0) is 40.5 Å². The molecule has 2 aromatic rings. The highest BCUT2D eigenvalue weighted by molar-refractivity contribution is 9.10. The number of hydrogen-bond donors (Lipinski definition) is 0. The summed E-state index contributed by atoms with van der Waals surface area (Å²) in [5, 5.41) is 0.236. The minimum absolute atomic E-state index is 0.236. The van der Waals surface area contributed by atoms with Crippen molar-refractivity contribution in [3.8, 4) is 0 Å². The fourth-order valence-corrected chi connectivity index (χ4v) is 1.88. The zero-order chi connectivity index (χ0) is 10.3. The number of benzene rings is 1. The second-order valence-electron chi connectivity index (χ2n) is 3.01. The summed E-state index contributed by atoms with van der Waals surface area (Å²) in [4.78, 5) is 3.99. The van der Waals surface area contributed by atoms with Crippen molar-refractivity contribution in [2.24, 2.45) is 0 Å². The average Bonchev–Trinajstić information content (AvgIpc) is 2.14. The van der Waals surface area contributed by atoms with Crippen LogP contribution in [0.4, 0.5) is 8.78 Å². The van der Waals surface area contributed by atoms with Crippen LogP contribution in [-0.2, 0) is 0 Å². The molecule has 2 rings (SSSR count). The first-order valence-electron chi connectivity index (χ1n) is 4.00. The van der Waals surface area contributed by atoms with E-state index in [-0.39, 0.29) is 5.39 Å². The molecular weight excluding hydrogens is 252 g/mol. The van der Waals surface area contributed by atoms with Crippen LogP contribution in [0.2, 0.25) is 0 Å². The van der Waals surface area contributed by atoms with Gasteiger partial charge in [-0.15, -0.1) is 0 Å². The summed E-state index contributed by atoms with van der Waals surface area (Å²) in [6, 6.07) is 2.74. The molecule has 0 unspecified atom stereocenters. The lowest BCUT2D eigenvalue weighted by Crippen LogP contribution is -1.92. The SMILES string of the molecule is Cc1ccnc2c(Br)cc(F)c(F)c12. The molecule has 0 amide bonds. The van der Waals surface area contributed by atoms with E-state index in [1.165, 1.54) is 0 Å². The number of nitrogens with zero attached hydrogens (tertiary/aromatic N) is 1. The van der Waals surface area contributed by atoms with E-state index in [1.807, 2.05) is 0 Å². The Morgan fingerprint density at radius 2 is 2.07 bits per heavy atom. The summed E-state index contributed by atoms with van der Waals surface area (Å²) in [5.74, 6) is -1.70. The maximum absolute atomic E-state index is 13.4. The number of hydrogen-bond acceptors (Lipinski definition) is 1. The van der Waals surface area contributed by atoms with Crippen molar-refractivity contribution in [1.82, 2.24) is 4.98 Å². The Morgan fingerprint density at radius 3 is 2.79 bits per heavy atom. The first-order valence-corrected chi connectivity index (χ1v) is 4.79. The van der Waals surface area contributed by atoms with Gasteiger partial charge in [-0.2, -0.15) is 0 Å². The highest BCUT2D eigenvalue weighted by Crippen LogP contribution is 2.28. The topological polar surface area (TPSA) is 12.9 Å². The zero-order valence-corrected chi connectivity index (χ0v) is 8.90. The minimum Gasteiger partial charge on any atom is -0.255 e. The van der Waals surface area contributed by atoms with Gasteiger partial charge in [0.25, 0.3) is 0 Å². The highest BCUT2D eigenvalue weighted by atomic mass is 79.9. The first-order chi connectivity index (χ1) is 6.61. The molecule has 1 nitrogen and oxygen atoms in total. The first kappa shape index (κ1) is 9.52. The van der Waals surface area contributed by atoms with Crippen LogP contribution in [0.15, 0.2) is 22.8 Å². The number of aryl methyl sites for hydroxylation is 1. The van der Waals surface area contributed by atoms with Crippen molar-refractivity contribution < 1.29 is 8.78 Å². The van der Waals surface area contributed by atoms with Gasteiger partial charge in [0, 0.05) is 16.1 Å². The molecular formula is C10H6BrF2N. The summed E-state index contributed by atoms with van der Waals surface area (Å²) in [6.45, 7) is 1.72. The Hall–Kier alpha value is -1.03. The van der Waals surface area contributed by atoms with Crippen LogP contribution in [0.5, 0.6) is 0 Å². The molecule has 0 saturated carbocycles. The van der Waals surface area contributed by atoms with Crippen molar-refractivity contribution >= 4 is 26.8 Å². The van der Waals surface area contributed by atoms with E-state index in [4.69, 9.17) is 0 Å². The highest BCUT2D eigenvalue weighted by Gasteiger charge is 2.13. The molecule has 72 valence electrons. The summed E-state index contributed by atoms with van der Waals surface area (Å²) in [7, 11) is 0. The molecule has 14 heavy (non-hydrogen) atoms.